The molecule has 0 atom stereocenters. The molecule has 2 aromatic carbocycles. The van der Waals surface area contributed by atoms with Crippen molar-refractivity contribution in [3.63, 3.8) is 0 Å². The Hall–Kier alpha value is -2.40. The zero-order chi connectivity index (χ0) is 29.8. The van der Waals surface area contributed by atoms with Gasteiger partial charge in [-0.1, -0.05) is 48.5 Å². The van der Waals surface area contributed by atoms with Gasteiger partial charge < -0.3 is 0 Å². The van der Waals surface area contributed by atoms with Crippen molar-refractivity contribution in [2.45, 2.75) is 51.9 Å². The average molecular weight is 604 g/mol. The molecule has 0 saturated carbocycles. The van der Waals surface area contributed by atoms with Gasteiger partial charge in [0.25, 0.3) is 0 Å². The fourth-order valence-corrected chi connectivity index (χ4v) is 3.74. The van der Waals surface area contributed by atoms with E-state index in [0.29, 0.717) is 6.07 Å². The van der Waals surface area contributed by atoms with Crippen LogP contribution in [0.5, 0.6) is 0 Å². The Morgan fingerprint density at radius 3 is 1.21 bits per heavy atom. The molecule has 0 saturated heterocycles. The molecule has 0 fully saturated rings. The standard InChI is InChI=1S/C20H9F17S/c21-13(22,15(25,26)17(29,30)19(33,34)35)14(23,24)16(27,28)18(31,32)20(36,37)38-12-9-5-4-8-11(12)10-6-2-1-3-7-10/h1-9H. The van der Waals surface area contributed by atoms with Crippen LogP contribution in [0, 0.1) is 0 Å². The molecule has 18 heteroatoms. The van der Waals surface area contributed by atoms with E-state index < -0.39 is 69.2 Å². The molecule has 2 aromatic rings. The summed E-state index contributed by atoms with van der Waals surface area (Å²) < 4.78 is 228. The lowest BCUT2D eigenvalue weighted by Gasteiger charge is -2.42. The summed E-state index contributed by atoms with van der Waals surface area (Å²) in [6.45, 7) is 0. The van der Waals surface area contributed by atoms with Crippen molar-refractivity contribution in [3.05, 3.63) is 54.6 Å². The van der Waals surface area contributed by atoms with Gasteiger partial charge >= 0.3 is 47.0 Å². The SMILES string of the molecule is FC(F)(F)C(F)(F)C(F)(F)C(F)(F)C(F)(F)C(F)(F)C(F)(F)C(F)(F)Sc1ccccc1-c1ccccc1. The van der Waals surface area contributed by atoms with E-state index in [1.807, 2.05) is 0 Å². The van der Waals surface area contributed by atoms with E-state index in [9.17, 15) is 74.6 Å². The van der Waals surface area contributed by atoms with Crippen LogP contribution >= 0.6 is 11.8 Å². The molecule has 0 radical (unpaired) electrons. The van der Waals surface area contributed by atoms with Crippen molar-refractivity contribution in [3.8, 4) is 11.1 Å². The monoisotopic (exact) mass is 604 g/mol. The van der Waals surface area contributed by atoms with Gasteiger partial charge in [0, 0.05) is 4.90 Å². The van der Waals surface area contributed by atoms with Crippen LogP contribution in [0.4, 0.5) is 74.6 Å². The Balaban J connectivity index is 2.59. The number of hydrogen-bond acceptors (Lipinski definition) is 1. The van der Waals surface area contributed by atoms with Crippen LogP contribution in [0.3, 0.4) is 0 Å². The average Bonchev–Trinajstić information content (AvgIpc) is 2.78. The molecule has 0 aliphatic carbocycles. The largest absolute Gasteiger partial charge is 0.460 e. The first-order chi connectivity index (χ1) is 16.8. The summed E-state index contributed by atoms with van der Waals surface area (Å²) in [7, 11) is 0. The number of halogens is 17. The maximum atomic E-state index is 14.4. The highest BCUT2D eigenvalue weighted by atomic mass is 32.2. The first kappa shape index (κ1) is 31.8. The minimum absolute atomic E-state index is 0.0348. The first-order valence-electron chi connectivity index (χ1n) is 9.36. The summed E-state index contributed by atoms with van der Waals surface area (Å²) in [6, 6.07) is 9.84. The van der Waals surface area contributed by atoms with Crippen LogP contribution in [-0.4, -0.2) is 47.0 Å². The van der Waals surface area contributed by atoms with Gasteiger partial charge in [0.2, 0.25) is 0 Å². The third-order valence-electron chi connectivity index (χ3n) is 4.90. The van der Waals surface area contributed by atoms with Crippen molar-refractivity contribution in [2.75, 3.05) is 0 Å². The number of rotatable bonds is 9. The van der Waals surface area contributed by atoms with Crippen molar-refractivity contribution < 1.29 is 74.6 Å². The Morgan fingerprint density at radius 2 is 0.763 bits per heavy atom. The Kier molecular flexibility index (Phi) is 7.84. The molecule has 0 aliphatic heterocycles. The summed E-state index contributed by atoms with van der Waals surface area (Å²) in [5.74, 6) is -50.0. The molecule has 0 bridgehead atoms. The highest BCUT2D eigenvalue weighted by Gasteiger charge is 2.95. The molecular formula is C20H9F17S. The normalized spacial score (nSPS) is 15.1. The van der Waals surface area contributed by atoms with Crippen LogP contribution in [0.2, 0.25) is 0 Å². The second-order valence-electron chi connectivity index (χ2n) is 7.43. The molecule has 0 nitrogen and oxygen atoms in total. The second-order valence-corrected chi connectivity index (χ2v) is 8.58. The highest BCUT2D eigenvalue weighted by Crippen LogP contribution is 2.65. The maximum Gasteiger partial charge on any atom is 0.460 e. The lowest BCUT2D eigenvalue weighted by Crippen LogP contribution is -2.74. The molecule has 38 heavy (non-hydrogen) atoms. The molecule has 214 valence electrons. The third-order valence-corrected chi connectivity index (χ3v) is 5.99. The van der Waals surface area contributed by atoms with E-state index in [1.54, 1.807) is 0 Å². The quantitative estimate of drug-likeness (QED) is 0.203. The molecule has 0 unspecified atom stereocenters. The summed E-state index contributed by atoms with van der Waals surface area (Å²) in [4.78, 5) is -1.05. The van der Waals surface area contributed by atoms with Crippen LogP contribution in [0.15, 0.2) is 59.5 Å². The smallest absolute Gasteiger partial charge is 0.192 e. The topological polar surface area (TPSA) is 0 Å². The Bertz CT molecular complexity index is 1120. The fraction of sp³-hybridized carbons (Fsp3) is 0.400. The van der Waals surface area contributed by atoms with Crippen molar-refractivity contribution in [1.29, 1.82) is 0 Å². The summed E-state index contributed by atoms with van der Waals surface area (Å²) >= 11 is -1.61. The van der Waals surface area contributed by atoms with Crippen LogP contribution in [0.25, 0.3) is 11.1 Å². The van der Waals surface area contributed by atoms with Crippen molar-refractivity contribution in [2.24, 2.45) is 0 Å². The predicted molar refractivity (Wildman–Crippen MR) is 98.4 cm³/mol. The number of thioether (sulfide) groups is 1. The van der Waals surface area contributed by atoms with Gasteiger partial charge in [0.1, 0.15) is 0 Å². The number of alkyl halides is 17. The lowest BCUT2D eigenvalue weighted by molar-refractivity contribution is -0.458. The maximum absolute atomic E-state index is 14.4. The van der Waals surface area contributed by atoms with E-state index in [2.05, 4.69) is 0 Å². The van der Waals surface area contributed by atoms with E-state index >= 15 is 0 Å². The first-order valence-corrected chi connectivity index (χ1v) is 10.2. The van der Waals surface area contributed by atoms with Crippen molar-refractivity contribution in [1.82, 2.24) is 0 Å². The van der Waals surface area contributed by atoms with E-state index in [-0.39, 0.29) is 5.56 Å². The fourth-order valence-electron chi connectivity index (χ4n) is 2.76. The minimum atomic E-state index is -8.64. The molecule has 0 amide bonds. The van der Waals surface area contributed by atoms with Gasteiger partial charge in [-0.25, -0.2) is 0 Å². The molecule has 0 heterocycles. The highest BCUT2D eigenvalue weighted by molar-refractivity contribution is 8.00. The number of benzene rings is 2. The summed E-state index contributed by atoms with van der Waals surface area (Å²) in [5.41, 5.74) is -0.447. The zero-order valence-corrected chi connectivity index (χ0v) is 18.3. The van der Waals surface area contributed by atoms with Gasteiger partial charge in [-0.2, -0.15) is 74.6 Å². The molecule has 2 rings (SSSR count). The second kappa shape index (κ2) is 9.36. The zero-order valence-electron chi connectivity index (χ0n) is 17.5. The van der Waals surface area contributed by atoms with Crippen LogP contribution in [-0.2, 0) is 0 Å². The molecule has 0 spiro atoms. The summed E-state index contributed by atoms with van der Waals surface area (Å²) in [5, 5.41) is -6.57. The Labute approximate surface area is 204 Å². The van der Waals surface area contributed by atoms with Crippen LogP contribution in [0.1, 0.15) is 0 Å². The number of hydrogen-bond donors (Lipinski definition) is 0. The van der Waals surface area contributed by atoms with Gasteiger partial charge in [0.05, 0.1) is 0 Å². The van der Waals surface area contributed by atoms with E-state index in [0.717, 1.165) is 18.2 Å². The van der Waals surface area contributed by atoms with Gasteiger partial charge in [-0.15, -0.1) is 0 Å². The predicted octanol–water partition coefficient (Wildman–Crippen LogP) is 9.41. The van der Waals surface area contributed by atoms with E-state index in [1.165, 1.54) is 30.3 Å². The van der Waals surface area contributed by atoms with E-state index in [4.69, 9.17) is 0 Å². The van der Waals surface area contributed by atoms with Gasteiger partial charge in [-0.05, 0) is 29.0 Å². The molecule has 0 aliphatic rings. The summed E-state index contributed by atoms with van der Waals surface area (Å²) in [6.07, 6.45) is -7.78. The van der Waals surface area contributed by atoms with Crippen molar-refractivity contribution >= 4 is 11.8 Å². The molecular weight excluding hydrogens is 595 g/mol. The third kappa shape index (κ3) is 4.55. The van der Waals surface area contributed by atoms with Gasteiger partial charge in [0.15, 0.2) is 0 Å². The molecule has 0 aromatic heterocycles. The lowest BCUT2D eigenvalue weighted by atomic mass is 9.91. The van der Waals surface area contributed by atoms with Crippen LogP contribution < -0.4 is 0 Å². The Morgan fingerprint density at radius 1 is 0.395 bits per heavy atom. The van der Waals surface area contributed by atoms with Gasteiger partial charge in [-0.3, -0.25) is 0 Å². The molecule has 0 N–H and O–H groups in total. The minimum Gasteiger partial charge on any atom is -0.192 e.